The van der Waals surface area contributed by atoms with E-state index in [9.17, 15) is 0 Å². The van der Waals surface area contributed by atoms with Gasteiger partial charge in [0.25, 0.3) is 0 Å². The topological polar surface area (TPSA) is 17.3 Å². The first-order chi connectivity index (χ1) is 9.84. The highest BCUT2D eigenvalue weighted by atomic mass is 35.5. The summed E-state index contributed by atoms with van der Waals surface area (Å²) in [5, 5.41) is 1.92. The lowest BCUT2D eigenvalue weighted by Crippen LogP contribution is -2.03. The van der Waals surface area contributed by atoms with Crippen molar-refractivity contribution >= 4 is 28.2 Å². The largest absolute Gasteiger partial charge is 0.344 e. The Morgan fingerprint density at radius 2 is 1.85 bits per heavy atom. The van der Waals surface area contributed by atoms with E-state index < -0.39 is 0 Å². The molecule has 2 nitrogen and oxygen atoms in total. The van der Waals surface area contributed by atoms with Crippen LogP contribution in [0.2, 0.25) is 5.02 Å². The second-order valence-electron chi connectivity index (χ2n) is 4.97. The minimum atomic E-state index is 0.777. The number of benzene rings is 2. The van der Waals surface area contributed by atoms with Crippen molar-refractivity contribution in [2.75, 3.05) is 6.54 Å². The molecule has 4 rings (SSSR count). The van der Waals surface area contributed by atoms with Gasteiger partial charge in [0.15, 0.2) is 0 Å². The zero-order chi connectivity index (χ0) is 13.5. The van der Waals surface area contributed by atoms with Crippen LogP contribution in [0, 0.1) is 0 Å². The molecular formula is C17H13ClN2. The molecule has 0 spiro atoms. The number of rotatable bonds is 1. The quantitative estimate of drug-likeness (QED) is 0.637. The molecule has 20 heavy (non-hydrogen) atoms. The van der Waals surface area contributed by atoms with Crippen LogP contribution in [0.3, 0.4) is 0 Å². The Hall–Kier alpha value is -2.06. The van der Waals surface area contributed by atoms with E-state index in [0.29, 0.717) is 0 Å². The molecule has 0 bridgehead atoms. The van der Waals surface area contributed by atoms with Gasteiger partial charge in [-0.1, -0.05) is 60.1 Å². The molecule has 3 heteroatoms. The van der Waals surface area contributed by atoms with Gasteiger partial charge in [0.2, 0.25) is 0 Å². The lowest BCUT2D eigenvalue weighted by atomic mass is 10.0. The van der Waals surface area contributed by atoms with Gasteiger partial charge in [0, 0.05) is 29.3 Å². The van der Waals surface area contributed by atoms with Gasteiger partial charge in [-0.15, -0.1) is 0 Å². The summed E-state index contributed by atoms with van der Waals surface area (Å²) < 4.78 is 2.21. The standard InChI is InChI=1S/C17H13ClN2/c18-15-11-20-10-9-19-16(12-5-2-1-3-6-12)14-8-4-7-13(15)17(14)20/h1-8,11H,9-10H2. The normalized spacial score (nSPS) is 14.2. The first-order valence-corrected chi connectivity index (χ1v) is 7.10. The molecule has 2 aromatic carbocycles. The van der Waals surface area contributed by atoms with Crippen LogP contribution in [0.5, 0.6) is 0 Å². The van der Waals surface area contributed by atoms with Gasteiger partial charge in [-0.2, -0.15) is 0 Å². The van der Waals surface area contributed by atoms with Crippen molar-refractivity contribution in [2.45, 2.75) is 6.54 Å². The van der Waals surface area contributed by atoms with Crippen molar-refractivity contribution in [1.29, 1.82) is 0 Å². The van der Waals surface area contributed by atoms with E-state index >= 15 is 0 Å². The van der Waals surface area contributed by atoms with E-state index in [-0.39, 0.29) is 0 Å². The fraction of sp³-hybridized carbons (Fsp3) is 0.118. The summed E-state index contributed by atoms with van der Waals surface area (Å²) in [5.74, 6) is 0. The van der Waals surface area contributed by atoms with Gasteiger partial charge in [-0.25, -0.2) is 0 Å². The van der Waals surface area contributed by atoms with Crippen LogP contribution in [0.25, 0.3) is 10.9 Å². The van der Waals surface area contributed by atoms with Gasteiger partial charge < -0.3 is 4.57 Å². The molecule has 3 aromatic rings. The van der Waals surface area contributed by atoms with Crippen LogP contribution in [-0.2, 0) is 6.54 Å². The van der Waals surface area contributed by atoms with E-state index in [1.165, 1.54) is 5.52 Å². The summed E-state index contributed by atoms with van der Waals surface area (Å²) in [5.41, 5.74) is 4.58. The van der Waals surface area contributed by atoms with Crippen molar-refractivity contribution < 1.29 is 0 Å². The molecule has 1 aliphatic heterocycles. The average molecular weight is 281 g/mol. The fourth-order valence-electron chi connectivity index (χ4n) is 2.88. The second-order valence-corrected chi connectivity index (χ2v) is 5.38. The highest BCUT2D eigenvalue weighted by Crippen LogP contribution is 2.31. The van der Waals surface area contributed by atoms with Gasteiger partial charge in [-0.05, 0) is 0 Å². The molecule has 0 radical (unpaired) electrons. The summed E-state index contributed by atoms with van der Waals surface area (Å²) in [6.45, 7) is 1.65. The van der Waals surface area contributed by atoms with Crippen molar-refractivity contribution in [3.05, 3.63) is 70.9 Å². The number of para-hydroxylation sites is 1. The van der Waals surface area contributed by atoms with Gasteiger partial charge in [0.1, 0.15) is 0 Å². The molecule has 98 valence electrons. The van der Waals surface area contributed by atoms with E-state index in [4.69, 9.17) is 16.6 Å². The van der Waals surface area contributed by atoms with Crippen molar-refractivity contribution in [2.24, 2.45) is 4.99 Å². The summed E-state index contributed by atoms with van der Waals surface area (Å²) in [4.78, 5) is 4.79. The Bertz CT molecular complexity index is 816. The predicted molar refractivity (Wildman–Crippen MR) is 83.9 cm³/mol. The molecule has 0 unspecified atom stereocenters. The maximum atomic E-state index is 6.34. The van der Waals surface area contributed by atoms with Crippen LogP contribution in [0.1, 0.15) is 11.1 Å². The molecule has 0 saturated carbocycles. The SMILES string of the molecule is Clc1cn2c3c(cccc13)C(c1ccccc1)=NCC2. The molecule has 1 aromatic heterocycles. The molecule has 2 heterocycles. The third kappa shape index (κ3) is 1.69. The number of nitrogens with zero attached hydrogens (tertiary/aromatic N) is 2. The van der Waals surface area contributed by atoms with E-state index in [1.54, 1.807) is 0 Å². The summed E-state index contributed by atoms with van der Waals surface area (Å²) >= 11 is 6.34. The van der Waals surface area contributed by atoms with Gasteiger partial charge in [0.05, 0.1) is 22.8 Å². The number of aliphatic imine (C=N–C) groups is 1. The lowest BCUT2D eigenvalue weighted by Gasteiger charge is -2.08. The van der Waals surface area contributed by atoms with Crippen LogP contribution < -0.4 is 0 Å². The predicted octanol–water partition coefficient (Wildman–Crippen LogP) is 4.15. The average Bonchev–Trinajstić information content (AvgIpc) is 2.70. The van der Waals surface area contributed by atoms with Crippen molar-refractivity contribution in [1.82, 2.24) is 4.57 Å². The van der Waals surface area contributed by atoms with E-state index in [2.05, 4.69) is 47.0 Å². The van der Waals surface area contributed by atoms with Gasteiger partial charge in [-0.3, -0.25) is 4.99 Å². The molecule has 0 saturated heterocycles. The zero-order valence-electron chi connectivity index (χ0n) is 10.9. The van der Waals surface area contributed by atoms with E-state index in [1.807, 2.05) is 12.3 Å². The second kappa shape index (κ2) is 4.50. The first-order valence-electron chi connectivity index (χ1n) is 6.72. The zero-order valence-corrected chi connectivity index (χ0v) is 11.6. The highest BCUT2D eigenvalue weighted by Gasteiger charge is 2.18. The molecular weight excluding hydrogens is 268 g/mol. The van der Waals surface area contributed by atoms with Crippen LogP contribution in [0.15, 0.2) is 59.7 Å². The molecule has 0 amide bonds. The Morgan fingerprint density at radius 3 is 2.70 bits per heavy atom. The van der Waals surface area contributed by atoms with Crippen molar-refractivity contribution in [3.63, 3.8) is 0 Å². The maximum absolute atomic E-state index is 6.34. The third-order valence-electron chi connectivity index (χ3n) is 3.76. The maximum Gasteiger partial charge on any atom is 0.0740 e. The molecule has 0 fully saturated rings. The third-order valence-corrected chi connectivity index (χ3v) is 4.06. The van der Waals surface area contributed by atoms with E-state index in [0.717, 1.165) is 40.3 Å². The Kier molecular flexibility index (Phi) is 2.64. The molecule has 0 atom stereocenters. The van der Waals surface area contributed by atoms with Crippen molar-refractivity contribution in [3.8, 4) is 0 Å². The summed E-state index contributed by atoms with van der Waals surface area (Å²) in [6.07, 6.45) is 2.01. The number of hydrogen-bond acceptors (Lipinski definition) is 1. The minimum absolute atomic E-state index is 0.777. The highest BCUT2D eigenvalue weighted by molar-refractivity contribution is 6.36. The first kappa shape index (κ1) is 11.7. The summed E-state index contributed by atoms with van der Waals surface area (Å²) in [7, 11) is 0. The monoisotopic (exact) mass is 280 g/mol. The van der Waals surface area contributed by atoms with Crippen LogP contribution in [-0.4, -0.2) is 16.8 Å². The molecule has 0 N–H and O–H groups in total. The number of aromatic nitrogens is 1. The summed E-state index contributed by atoms with van der Waals surface area (Å²) in [6, 6.07) is 16.6. The lowest BCUT2D eigenvalue weighted by molar-refractivity contribution is 0.742. The molecule has 1 aliphatic rings. The number of halogens is 1. The minimum Gasteiger partial charge on any atom is -0.344 e. The number of hydrogen-bond donors (Lipinski definition) is 0. The van der Waals surface area contributed by atoms with Crippen LogP contribution in [0.4, 0.5) is 0 Å². The Labute approximate surface area is 122 Å². The molecule has 0 aliphatic carbocycles. The Morgan fingerprint density at radius 1 is 1.00 bits per heavy atom. The Balaban J connectivity index is 2.04. The smallest absolute Gasteiger partial charge is 0.0740 e. The van der Waals surface area contributed by atoms with Gasteiger partial charge >= 0.3 is 0 Å². The van der Waals surface area contributed by atoms with Crippen LogP contribution >= 0.6 is 11.6 Å². The fourth-order valence-corrected chi connectivity index (χ4v) is 3.15.